The molecule has 0 radical (unpaired) electrons. The lowest BCUT2D eigenvalue weighted by Gasteiger charge is -2.29. The first kappa shape index (κ1) is 16.2. The largest absolute Gasteiger partial charge is 0.310 e. The Morgan fingerprint density at radius 3 is 2.40 bits per heavy atom. The van der Waals surface area contributed by atoms with Gasteiger partial charge < -0.3 is 10.2 Å². The minimum Gasteiger partial charge on any atom is -0.310 e. The van der Waals surface area contributed by atoms with Crippen LogP contribution in [0.2, 0.25) is 0 Å². The molecule has 0 aliphatic carbocycles. The summed E-state index contributed by atoms with van der Waals surface area (Å²) in [7, 11) is 0. The van der Waals surface area contributed by atoms with E-state index in [-0.39, 0.29) is 0 Å². The molecule has 0 saturated carbocycles. The van der Waals surface area contributed by atoms with E-state index < -0.39 is 0 Å². The van der Waals surface area contributed by atoms with E-state index in [9.17, 15) is 0 Å². The molecule has 2 nitrogen and oxygen atoms in total. The zero-order valence-electron chi connectivity index (χ0n) is 12.7. The Hall–Kier alpha value is -0.130. The van der Waals surface area contributed by atoms with Crippen molar-refractivity contribution in [1.82, 2.24) is 10.2 Å². The van der Waals surface area contributed by atoms with Crippen LogP contribution in [0.1, 0.15) is 44.7 Å². The van der Waals surface area contributed by atoms with Crippen LogP contribution in [0, 0.1) is 9.49 Å². The minimum absolute atomic E-state index is 0.441. The summed E-state index contributed by atoms with van der Waals surface area (Å²) < 4.78 is 1.30. The lowest BCUT2D eigenvalue weighted by Crippen LogP contribution is -2.37. The molecular weight excluding hydrogens is 359 g/mol. The van der Waals surface area contributed by atoms with Crippen LogP contribution in [0.5, 0.6) is 0 Å². The zero-order valence-corrected chi connectivity index (χ0v) is 14.9. The lowest BCUT2D eigenvalue weighted by molar-refractivity contribution is 0.197. The molecule has 1 aromatic rings. The third kappa shape index (κ3) is 5.34. The van der Waals surface area contributed by atoms with Crippen molar-refractivity contribution in [2.45, 2.75) is 39.2 Å². The number of rotatable bonds is 6. The predicted octanol–water partition coefficient (Wildman–Crippen LogP) is 4.06. The van der Waals surface area contributed by atoms with Gasteiger partial charge in [0.2, 0.25) is 0 Å². The van der Waals surface area contributed by atoms with Gasteiger partial charge in [0.1, 0.15) is 0 Å². The van der Waals surface area contributed by atoms with Crippen LogP contribution in [0.25, 0.3) is 0 Å². The Morgan fingerprint density at radius 2 is 1.75 bits per heavy atom. The van der Waals surface area contributed by atoms with E-state index in [2.05, 4.69) is 70.9 Å². The van der Waals surface area contributed by atoms with Crippen molar-refractivity contribution in [2.24, 2.45) is 5.92 Å². The highest BCUT2D eigenvalue weighted by Gasteiger charge is 2.14. The van der Waals surface area contributed by atoms with Gasteiger partial charge in [-0.25, -0.2) is 0 Å². The minimum atomic E-state index is 0.441. The van der Waals surface area contributed by atoms with Crippen LogP contribution in [0.15, 0.2) is 24.3 Å². The second-order valence-corrected chi connectivity index (χ2v) is 7.39. The van der Waals surface area contributed by atoms with E-state index in [1.165, 1.54) is 48.0 Å². The first-order valence-corrected chi connectivity index (χ1v) is 8.94. The quantitative estimate of drug-likeness (QED) is 0.742. The van der Waals surface area contributed by atoms with Gasteiger partial charge in [-0.05, 0) is 85.6 Å². The summed E-state index contributed by atoms with van der Waals surface area (Å²) >= 11 is 2.36. The van der Waals surface area contributed by atoms with E-state index in [1.807, 2.05) is 0 Å². The topological polar surface area (TPSA) is 15.3 Å². The van der Waals surface area contributed by atoms with E-state index in [0.717, 1.165) is 12.5 Å². The molecule has 2 unspecified atom stereocenters. The average Bonchev–Trinajstić information content (AvgIpc) is 2.46. The van der Waals surface area contributed by atoms with Crippen molar-refractivity contribution in [1.29, 1.82) is 0 Å². The number of hydrogen-bond donors (Lipinski definition) is 1. The van der Waals surface area contributed by atoms with Crippen LogP contribution >= 0.6 is 22.6 Å². The Labute approximate surface area is 137 Å². The Kier molecular flexibility index (Phi) is 6.78. The van der Waals surface area contributed by atoms with Crippen LogP contribution in [-0.2, 0) is 0 Å². The highest BCUT2D eigenvalue weighted by molar-refractivity contribution is 14.1. The predicted molar refractivity (Wildman–Crippen MR) is 95.0 cm³/mol. The molecule has 3 heteroatoms. The molecule has 0 spiro atoms. The molecule has 20 heavy (non-hydrogen) atoms. The summed E-state index contributed by atoms with van der Waals surface area (Å²) in [6, 6.07) is 9.27. The van der Waals surface area contributed by atoms with Gasteiger partial charge in [0.25, 0.3) is 0 Å². The summed E-state index contributed by atoms with van der Waals surface area (Å²) in [5.74, 6) is 0.722. The summed E-state index contributed by atoms with van der Waals surface area (Å²) in [5.41, 5.74) is 1.38. The summed E-state index contributed by atoms with van der Waals surface area (Å²) in [6.45, 7) is 9.57. The number of nitrogens with one attached hydrogen (secondary N) is 1. The Balaban J connectivity index is 1.71. The molecule has 0 aromatic heterocycles. The number of likely N-dealkylation sites (tertiary alicyclic amines) is 1. The third-order valence-electron chi connectivity index (χ3n) is 4.16. The van der Waals surface area contributed by atoms with E-state index in [4.69, 9.17) is 0 Å². The van der Waals surface area contributed by atoms with Crippen molar-refractivity contribution >= 4 is 22.6 Å². The molecule has 2 atom stereocenters. The van der Waals surface area contributed by atoms with Gasteiger partial charge in [-0.15, -0.1) is 0 Å². The van der Waals surface area contributed by atoms with Crippen molar-refractivity contribution < 1.29 is 0 Å². The second-order valence-electron chi connectivity index (χ2n) is 6.15. The lowest BCUT2D eigenvalue weighted by atomic mass is 10.1. The van der Waals surface area contributed by atoms with Gasteiger partial charge in [-0.3, -0.25) is 0 Å². The highest BCUT2D eigenvalue weighted by Crippen LogP contribution is 2.15. The molecule has 1 fully saturated rings. The van der Waals surface area contributed by atoms with Gasteiger partial charge in [-0.2, -0.15) is 0 Å². The summed E-state index contributed by atoms with van der Waals surface area (Å²) in [5, 5.41) is 3.68. The number of piperidine rings is 1. The van der Waals surface area contributed by atoms with Crippen molar-refractivity contribution in [3.8, 4) is 0 Å². The molecular formula is C17H27IN2. The monoisotopic (exact) mass is 386 g/mol. The number of benzene rings is 1. The Bertz CT molecular complexity index is 384. The maximum absolute atomic E-state index is 3.68. The number of nitrogens with zero attached hydrogens (tertiary/aromatic N) is 1. The van der Waals surface area contributed by atoms with Crippen molar-refractivity contribution in [3.05, 3.63) is 33.4 Å². The van der Waals surface area contributed by atoms with Gasteiger partial charge in [-0.1, -0.05) is 25.5 Å². The molecule has 1 aromatic carbocycles. The fourth-order valence-corrected chi connectivity index (χ4v) is 3.25. The van der Waals surface area contributed by atoms with Gasteiger partial charge in [0, 0.05) is 16.2 Å². The van der Waals surface area contributed by atoms with Crippen molar-refractivity contribution in [2.75, 3.05) is 26.2 Å². The van der Waals surface area contributed by atoms with E-state index in [1.54, 1.807) is 0 Å². The maximum atomic E-state index is 3.68. The van der Waals surface area contributed by atoms with Gasteiger partial charge >= 0.3 is 0 Å². The van der Waals surface area contributed by atoms with Crippen LogP contribution < -0.4 is 5.32 Å². The van der Waals surface area contributed by atoms with Crippen LogP contribution in [0.3, 0.4) is 0 Å². The Morgan fingerprint density at radius 1 is 1.10 bits per heavy atom. The molecule has 1 aliphatic heterocycles. The molecule has 2 rings (SSSR count). The normalized spacial score (nSPS) is 19.8. The molecule has 1 aliphatic rings. The van der Waals surface area contributed by atoms with E-state index in [0.29, 0.717) is 6.04 Å². The van der Waals surface area contributed by atoms with Gasteiger partial charge in [0.05, 0.1) is 0 Å². The maximum Gasteiger partial charge on any atom is 0.0291 e. The number of hydrogen-bond acceptors (Lipinski definition) is 2. The highest BCUT2D eigenvalue weighted by atomic mass is 127. The average molecular weight is 386 g/mol. The van der Waals surface area contributed by atoms with Crippen LogP contribution in [0.4, 0.5) is 0 Å². The van der Waals surface area contributed by atoms with E-state index >= 15 is 0 Å². The summed E-state index contributed by atoms with van der Waals surface area (Å²) in [4.78, 5) is 2.63. The molecule has 0 bridgehead atoms. The molecule has 1 N–H and O–H groups in total. The smallest absolute Gasteiger partial charge is 0.0291 e. The number of halogens is 1. The first-order chi connectivity index (χ1) is 9.65. The third-order valence-corrected chi connectivity index (χ3v) is 4.88. The zero-order chi connectivity index (χ0) is 14.4. The fraction of sp³-hybridized carbons (Fsp3) is 0.647. The molecule has 1 saturated heterocycles. The van der Waals surface area contributed by atoms with Gasteiger partial charge in [0.15, 0.2) is 0 Å². The fourth-order valence-electron chi connectivity index (χ4n) is 2.89. The van der Waals surface area contributed by atoms with Crippen LogP contribution in [-0.4, -0.2) is 31.1 Å². The summed E-state index contributed by atoms with van der Waals surface area (Å²) in [6.07, 6.45) is 4.20. The second kappa shape index (κ2) is 8.35. The van der Waals surface area contributed by atoms with Crippen molar-refractivity contribution in [3.63, 3.8) is 0 Å². The molecule has 112 valence electrons. The SMILES string of the molecule is CC(CNC(C)c1ccc(I)cc1)CN1CCCCC1. The molecule has 0 amide bonds. The first-order valence-electron chi connectivity index (χ1n) is 7.86. The molecule has 1 heterocycles. The standard InChI is InChI=1S/C17H27IN2/c1-14(13-20-10-4-3-5-11-20)12-19-15(2)16-6-8-17(18)9-7-16/h6-9,14-15,19H,3-5,10-13H2,1-2H3.